The first-order chi connectivity index (χ1) is 3.83. The van der Waals surface area contributed by atoms with E-state index in [1.807, 2.05) is 6.92 Å². The molecule has 0 unspecified atom stereocenters. The van der Waals surface area contributed by atoms with E-state index in [1.165, 1.54) is 5.57 Å². The third-order valence-corrected chi connectivity index (χ3v) is 1.24. The van der Waals surface area contributed by atoms with Crippen LogP contribution in [0.4, 0.5) is 0 Å². The Balaban J connectivity index is 2.47. The third-order valence-electron chi connectivity index (χ3n) is 1.24. The second-order valence-corrected chi connectivity index (χ2v) is 2.03. The lowest BCUT2D eigenvalue weighted by Gasteiger charge is -2.02. The van der Waals surface area contributed by atoms with E-state index in [2.05, 4.69) is 12.3 Å². The summed E-state index contributed by atoms with van der Waals surface area (Å²) in [7, 11) is 0. The van der Waals surface area contributed by atoms with E-state index in [0.717, 1.165) is 13.1 Å². The van der Waals surface area contributed by atoms with E-state index in [-0.39, 0.29) is 0 Å². The molecule has 1 heterocycles. The Bertz CT molecular complexity index is 152. The molecule has 1 aliphatic rings. The van der Waals surface area contributed by atoms with Crippen LogP contribution in [0.25, 0.3) is 0 Å². The highest BCUT2D eigenvalue weighted by atomic mass is 15.1. The van der Waals surface area contributed by atoms with Gasteiger partial charge in [-0.1, -0.05) is 11.6 Å². The molecule has 0 saturated heterocycles. The van der Waals surface area contributed by atoms with Crippen LogP contribution in [0.2, 0.25) is 0 Å². The Morgan fingerprint density at radius 2 is 2.62 bits per heavy atom. The van der Waals surface area contributed by atoms with Crippen molar-refractivity contribution in [3.63, 3.8) is 0 Å². The van der Waals surface area contributed by atoms with E-state index in [1.54, 1.807) is 4.90 Å². The summed E-state index contributed by atoms with van der Waals surface area (Å²) in [5.74, 6) is 0. The normalized spacial score (nSPS) is 18.0. The molecule has 0 aromatic carbocycles. The summed E-state index contributed by atoms with van der Waals surface area (Å²) in [4.78, 5) is 1.72. The number of hydrogen-bond donors (Lipinski definition) is 0. The zero-order chi connectivity index (χ0) is 5.98. The van der Waals surface area contributed by atoms with E-state index < -0.39 is 0 Å². The van der Waals surface area contributed by atoms with Crippen molar-refractivity contribution in [3.8, 4) is 6.19 Å². The first-order valence-corrected chi connectivity index (χ1v) is 2.63. The number of nitrogens with zero attached hydrogens (tertiary/aromatic N) is 2. The molecule has 2 heteroatoms. The molecule has 0 amide bonds. The van der Waals surface area contributed by atoms with Gasteiger partial charge in [-0.2, -0.15) is 5.26 Å². The minimum absolute atomic E-state index is 0.808. The average molecular weight is 108 g/mol. The molecule has 0 saturated carbocycles. The van der Waals surface area contributed by atoms with Crippen molar-refractivity contribution >= 4 is 0 Å². The summed E-state index contributed by atoms with van der Waals surface area (Å²) in [6.45, 7) is 3.68. The minimum atomic E-state index is 0.808. The Morgan fingerprint density at radius 3 is 2.88 bits per heavy atom. The molecule has 0 spiro atoms. The summed E-state index contributed by atoms with van der Waals surface area (Å²) in [6.07, 6.45) is 4.15. The lowest BCUT2D eigenvalue weighted by Crippen LogP contribution is -2.12. The highest BCUT2D eigenvalue weighted by Crippen LogP contribution is 2.04. The van der Waals surface area contributed by atoms with E-state index in [9.17, 15) is 0 Å². The zero-order valence-electron chi connectivity index (χ0n) is 4.89. The molecule has 1 aliphatic heterocycles. The van der Waals surface area contributed by atoms with Gasteiger partial charge in [-0.3, -0.25) is 0 Å². The van der Waals surface area contributed by atoms with Crippen molar-refractivity contribution in [1.29, 1.82) is 5.26 Å². The summed E-state index contributed by atoms with van der Waals surface area (Å²) < 4.78 is 0. The predicted molar refractivity (Wildman–Crippen MR) is 30.9 cm³/mol. The molecule has 0 bridgehead atoms. The third kappa shape index (κ3) is 0.812. The standard InChI is InChI=1S/C6H8N2/c1-6-2-3-8(4-6)5-7/h2H,3-4H2,1H3. The van der Waals surface area contributed by atoms with E-state index in [0.29, 0.717) is 0 Å². The topological polar surface area (TPSA) is 27.0 Å². The largest absolute Gasteiger partial charge is 0.303 e. The molecule has 0 fully saturated rings. The molecule has 0 aromatic rings. The van der Waals surface area contributed by atoms with Gasteiger partial charge in [-0.05, 0) is 6.92 Å². The van der Waals surface area contributed by atoms with Crippen molar-refractivity contribution < 1.29 is 0 Å². The van der Waals surface area contributed by atoms with Crippen LogP contribution < -0.4 is 0 Å². The Morgan fingerprint density at radius 1 is 1.88 bits per heavy atom. The molecular formula is C6H8N2. The molecule has 1 rings (SSSR count). The Kier molecular flexibility index (Phi) is 1.21. The van der Waals surface area contributed by atoms with Gasteiger partial charge in [0.2, 0.25) is 0 Å². The molecular weight excluding hydrogens is 100 g/mol. The van der Waals surface area contributed by atoms with E-state index in [4.69, 9.17) is 5.26 Å². The fraction of sp³-hybridized carbons (Fsp3) is 0.500. The van der Waals surface area contributed by atoms with Gasteiger partial charge in [0, 0.05) is 13.1 Å². The van der Waals surface area contributed by atoms with Gasteiger partial charge in [0.25, 0.3) is 0 Å². The van der Waals surface area contributed by atoms with Crippen molar-refractivity contribution in [2.45, 2.75) is 6.92 Å². The summed E-state index contributed by atoms with van der Waals surface area (Å²) in [5, 5.41) is 8.33. The second kappa shape index (κ2) is 1.87. The van der Waals surface area contributed by atoms with Crippen molar-refractivity contribution in [1.82, 2.24) is 4.90 Å². The molecule has 42 valence electrons. The highest BCUT2D eigenvalue weighted by molar-refractivity contribution is 5.10. The van der Waals surface area contributed by atoms with Gasteiger partial charge in [0.1, 0.15) is 0 Å². The van der Waals surface area contributed by atoms with Gasteiger partial charge in [0.05, 0.1) is 0 Å². The zero-order valence-corrected chi connectivity index (χ0v) is 4.89. The van der Waals surface area contributed by atoms with Crippen LogP contribution >= 0.6 is 0 Å². The second-order valence-electron chi connectivity index (χ2n) is 2.03. The fourth-order valence-electron chi connectivity index (χ4n) is 0.772. The number of hydrogen-bond acceptors (Lipinski definition) is 2. The maximum absolute atomic E-state index is 8.33. The van der Waals surface area contributed by atoms with Crippen LogP contribution in [0.5, 0.6) is 0 Å². The fourth-order valence-corrected chi connectivity index (χ4v) is 0.772. The number of rotatable bonds is 0. The Hall–Kier alpha value is -0.970. The van der Waals surface area contributed by atoms with Crippen LogP contribution in [0.1, 0.15) is 6.92 Å². The number of nitriles is 1. The van der Waals surface area contributed by atoms with Crippen LogP contribution in [0, 0.1) is 11.5 Å². The molecule has 8 heavy (non-hydrogen) atoms. The summed E-state index contributed by atoms with van der Waals surface area (Å²) >= 11 is 0. The molecule has 2 nitrogen and oxygen atoms in total. The maximum atomic E-state index is 8.33. The van der Waals surface area contributed by atoms with Crippen LogP contribution in [-0.4, -0.2) is 18.0 Å². The van der Waals surface area contributed by atoms with E-state index >= 15 is 0 Å². The van der Waals surface area contributed by atoms with Gasteiger partial charge < -0.3 is 4.90 Å². The van der Waals surface area contributed by atoms with Crippen LogP contribution in [-0.2, 0) is 0 Å². The SMILES string of the molecule is CC1=CCN(C#N)C1. The van der Waals surface area contributed by atoms with Crippen molar-refractivity contribution in [3.05, 3.63) is 11.6 Å². The lowest BCUT2D eigenvalue weighted by molar-refractivity contribution is 0.500. The van der Waals surface area contributed by atoms with Crippen LogP contribution in [0.3, 0.4) is 0 Å². The summed E-state index contributed by atoms with van der Waals surface area (Å²) in [6, 6.07) is 0. The monoisotopic (exact) mass is 108 g/mol. The molecule has 0 radical (unpaired) electrons. The predicted octanol–water partition coefficient (Wildman–Crippen LogP) is 0.729. The highest BCUT2D eigenvalue weighted by Gasteiger charge is 2.06. The van der Waals surface area contributed by atoms with Gasteiger partial charge in [0.15, 0.2) is 6.19 Å². The average Bonchev–Trinajstić information content (AvgIpc) is 2.14. The van der Waals surface area contributed by atoms with Crippen molar-refractivity contribution in [2.24, 2.45) is 0 Å². The first kappa shape index (κ1) is 5.17. The van der Waals surface area contributed by atoms with Crippen molar-refractivity contribution in [2.75, 3.05) is 13.1 Å². The quantitative estimate of drug-likeness (QED) is 0.338. The van der Waals surface area contributed by atoms with Crippen LogP contribution in [0.15, 0.2) is 11.6 Å². The maximum Gasteiger partial charge on any atom is 0.179 e. The van der Waals surface area contributed by atoms with Gasteiger partial charge in [-0.25, -0.2) is 0 Å². The Labute approximate surface area is 49.0 Å². The lowest BCUT2D eigenvalue weighted by atomic mass is 10.3. The van der Waals surface area contributed by atoms with Gasteiger partial charge >= 0.3 is 0 Å². The first-order valence-electron chi connectivity index (χ1n) is 2.63. The molecule has 0 aromatic heterocycles. The smallest absolute Gasteiger partial charge is 0.179 e. The molecule has 0 N–H and O–H groups in total. The minimum Gasteiger partial charge on any atom is -0.303 e. The molecule has 0 aliphatic carbocycles. The summed E-state index contributed by atoms with van der Waals surface area (Å²) in [5.41, 5.74) is 1.30. The molecule has 0 atom stereocenters. The van der Waals surface area contributed by atoms with Gasteiger partial charge in [-0.15, -0.1) is 0 Å².